The average molecular weight is 1090 g/mol. The molecular weight excluding hydrogens is 1010 g/mol. The predicted molar refractivity (Wildman–Crippen MR) is 259 cm³/mol. The Morgan fingerprint density at radius 2 is 0.791 bits per heavy atom. The monoisotopic (exact) mass is 1090 g/mol. The molecule has 0 saturated heterocycles. The number of carboxylic acids is 2. The van der Waals surface area contributed by atoms with Crippen molar-refractivity contribution >= 4 is 79.2 Å². The van der Waals surface area contributed by atoms with E-state index in [1.807, 2.05) is 0 Å². The van der Waals surface area contributed by atoms with Gasteiger partial charge >= 0.3 is 11.9 Å². The number of carbonyl (C=O) groups excluding carboxylic acids is 6. The van der Waals surface area contributed by atoms with Crippen molar-refractivity contribution in [1.29, 1.82) is 0 Å². The normalized spacial score (nSPS) is 11.9. The van der Waals surface area contributed by atoms with Gasteiger partial charge in [-0.15, -0.1) is 0 Å². The van der Waals surface area contributed by atoms with Crippen molar-refractivity contribution < 1.29 is 67.5 Å². The highest BCUT2D eigenvalue weighted by atomic mass is 79.9. The quantitative estimate of drug-likeness (QED) is 0.0319. The lowest BCUT2D eigenvalue weighted by Crippen LogP contribution is -2.48. The Morgan fingerprint density at radius 1 is 0.373 bits per heavy atom. The molecule has 0 aliphatic rings. The van der Waals surface area contributed by atoms with Gasteiger partial charge in [-0.2, -0.15) is 0 Å². The van der Waals surface area contributed by atoms with Crippen molar-refractivity contribution in [3.8, 4) is 0 Å². The molecule has 0 radical (unpaired) electrons. The Labute approximate surface area is 413 Å². The molecule has 0 rings (SSSR count). The van der Waals surface area contributed by atoms with E-state index >= 15 is 0 Å². The molecule has 0 aromatic carbocycles. The molecule has 0 fully saturated rings. The second kappa shape index (κ2) is 46.3. The topological polar surface area (TPSA) is 286 Å². The number of ether oxygens (including phenoxy) is 4. The number of carboxylic acid groups (broad SMARTS) is 2. The van der Waals surface area contributed by atoms with Gasteiger partial charge in [0.15, 0.2) is 0 Å². The number of halogens is 2. The summed E-state index contributed by atoms with van der Waals surface area (Å²) in [5, 5.41) is 34.7. The molecule has 67 heavy (non-hydrogen) atoms. The summed E-state index contributed by atoms with van der Waals surface area (Å²) in [5.41, 5.74) is 0. The minimum atomic E-state index is -1.07. The Kier molecular flexibility index (Phi) is 43.9. The van der Waals surface area contributed by atoms with Crippen LogP contribution in [0.5, 0.6) is 0 Å². The summed E-state index contributed by atoms with van der Waals surface area (Å²) >= 11 is 6.13. The predicted octanol–water partition coefficient (Wildman–Crippen LogP) is 3.64. The van der Waals surface area contributed by atoms with Crippen LogP contribution in [0.2, 0.25) is 0 Å². The molecule has 0 saturated carbocycles. The Balaban J connectivity index is 3.72. The van der Waals surface area contributed by atoms with E-state index in [9.17, 15) is 43.5 Å². The Hall–Kier alpha value is -3.44. The lowest BCUT2D eigenvalue weighted by Gasteiger charge is -2.18. The number of unbranched alkanes of at least 4 members (excludes halogenated alkanes) is 12. The third-order valence-electron chi connectivity index (χ3n) is 10.1. The first-order chi connectivity index (χ1) is 32.4. The molecular formula is C45H80Br2N6O14. The molecule has 20 nitrogen and oxygen atoms in total. The summed E-state index contributed by atoms with van der Waals surface area (Å²) in [7, 11) is 0. The maximum atomic E-state index is 12.5. The van der Waals surface area contributed by atoms with Crippen LogP contribution in [0, 0.1) is 0 Å². The van der Waals surface area contributed by atoms with E-state index in [0.29, 0.717) is 58.3 Å². The van der Waals surface area contributed by atoms with Crippen LogP contribution in [-0.4, -0.2) is 159 Å². The summed E-state index contributed by atoms with van der Waals surface area (Å²) < 4.78 is 21.8. The number of alkyl halides is 2. The van der Waals surface area contributed by atoms with Gasteiger partial charge < -0.3 is 61.1 Å². The number of amides is 6. The van der Waals surface area contributed by atoms with Gasteiger partial charge in [0.2, 0.25) is 35.4 Å². The summed E-state index contributed by atoms with van der Waals surface area (Å²) in [6.45, 7) is 3.35. The first-order valence-electron chi connectivity index (χ1n) is 23.9. The third-order valence-corrected chi connectivity index (χ3v) is 11.1. The number of rotatable bonds is 48. The maximum Gasteiger partial charge on any atom is 0.326 e. The van der Waals surface area contributed by atoms with E-state index in [2.05, 4.69) is 63.8 Å². The van der Waals surface area contributed by atoms with Crippen LogP contribution in [-0.2, 0) is 57.3 Å². The zero-order valence-electron chi connectivity index (χ0n) is 39.5. The fraction of sp³-hybridized carbons (Fsp3) is 0.822. The average Bonchev–Trinajstić information content (AvgIpc) is 3.30. The molecule has 8 N–H and O–H groups in total. The number of carbonyl (C=O) groups is 8. The van der Waals surface area contributed by atoms with Gasteiger partial charge in [0.1, 0.15) is 12.1 Å². The Bertz CT molecular complexity index is 1370. The van der Waals surface area contributed by atoms with Gasteiger partial charge in [-0.25, -0.2) is 4.79 Å². The van der Waals surface area contributed by atoms with E-state index in [0.717, 1.165) is 57.8 Å². The van der Waals surface area contributed by atoms with Crippen LogP contribution in [0.3, 0.4) is 0 Å². The van der Waals surface area contributed by atoms with E-state index < -0.39 is 24.0 Å². The van der Waals surface area contributed by atoms with Crippen molar-refractivity contribution in [1.82, 2.24) is 31.9 Å². The smallest absolute Gasteiger partial charge is 0.326 e. The fourth-order valence-electron chi connectivity index (χ4n) is 6.42. The molecule has 0 aliphatic heterocycles. The molecule has 0 aromatic heterocycles. The molecule has 0 bridgehead atoms. The van der Waals surface area contributed by atoms with Crippen LogP contribution in [0.25, 0.3) is 0 Å². The van der Waals surface area contributed by atoms with Crippen molar-refractivity contribution in [3.63, 3.8) is 0 Å². The standard InChI is InChI=1S/C45H80Br2N6O14/c46-34-41(57)49-23-15-17-36(52-42(58)35-47)44(61)51-25-29-67-33-31-65-27-21-39(55)50-24-28-66-32-30-64-26-20-38(54)48-22-14-13-16-37(45(62)63)53-40(56)18-11-9-7-5-3-1-2-4-6-8-10-12-19-43(59)60/h36-37H,1-35H2,(H,48,54)(H,49,57)(H,50,55)(H,51,61)(H,52,58)(H,53,56)(H,59,60)(H,62,63)/t36-,37?/m0/s1. The summed E-state index contributed by atoms with van der Waals surface area (Å²) in [6, 6.07) is -1.70. The highest BCUT2D eigenvalue weighted by Crippen LogP contribution is 2.13. The van der Waals surface area contributed by atoms with Gasteiger partial charge in [0.05, 0.1) is 63.5 Å². The lowest BCUT2D eigenvalue weighted by atomic mass is 10.0. The van der Waals surface area contributed by atoms with E-state index in [-0.39, 0.29) is 125 Å². The molecule has 22 heteroatoms. The van der Waals surface area contributed by atoms with Gasteiger partial charge in [0, 0.05) is 51.9 Å². The number of nitrogens with one attached hydrogen (secondary N) is 6. The molecule has 1 unspecified atom stereocenters. The van der Waals surface area contributed by atoms with Crippen molar-refractivity contribution in [2.45, 2.75) is 147 Å². The van der Waals surface area contributed by atoms with E-state index in [1.54, 1.807) is 0 Å². The van der Waals surface area contributed by atoms with E-state index in [1.165, 1.54) is 19.3 Å². The Morgan fingerprint density at radius 3 is 1.30 bits per heavy atom. The highest BCUT2D eigenvalue weighted by Gasteiger charge is 2.21. The molecule has 0 aliphatic carbocycles. The molecule has 0 aromatic rings. The molecule has 388 valence electrons. The minimum Gasteiger partial charge on any atom is -0.481 e. The van der Waals surface area contributed by atoms with Crippen molar-refractivity contribution in [3.05, 3.63) is 0 Å². The zero-order valence-corrected chi connectivity index (χ0v) is 42.6. The zero-order chi connectivity index (χ0) is 49.6. The first-order valence-corrected chi connectivity index (χ1v) is 26.2. The molecule has 2 atom stereocenters. The van der Waals surface area contributed by atoms with E-state index in [4.69, 9.17) is 24.1 Å². The van der Waals surface area contributed by atoms with Crippen LogP contribution in [0.4, 0.5) is 0 Å². The minimum absolute atomic E-state index is 0.0602. The summed E-state index contributed by atoms with van der Waals surface area (Å²) in [5.74, 6) is -3.26. The van der Waals surface area contributed by atoms with Crippen LogP contribution < -0.4 is 31.9 Å². The highest BCUT2D eigenvalue weighted by molar-refractivity contribution is 9.09. The third kappa shape index (κ3) is 43.6. The number of hydrogen-bond donors (Lipinski definition) is 8. The maximum absolute atomic E-state index is 12.5. The molecule has 0 heterocycles. The molecule has 6 amide bonds. The van der Waals surface area contributed by atoms with Gasteiger partial charge in [-0.05, 0) is 44.9 Å². The van der Waals surface area contributed by atoms with Crippen LogP contribution in [0.15, 0.2) is 0 Å². The first kappa shape index (κ1) is 63.6. The van der Waals surface area contributed by atoms with Crippen molar-refractivity contribution in [2.75, 3.05) is 89.7 Å². The second-order valence-electron chi connectivity index (χ2n) is 15.9. The SMILES string of the molecule is O=C(O)CCCCCCCCCCCCCCC(=O)NC(CCCCNC(=O)CCOCCOCCNC(=O)CCOCCOCCNC(=O)[C@H](CCCNC(=O)CBr)NC(=O)CBr)C(=O)O. The second-order valence-corrected chi connectivity index (χ2v) is 17.0. The lowest BCUT2D eigenvalue weighted by molar-refractivity contribution is -0.142. The molecule has 0 spiro atoms. The summed E-state index contributed by atoms with van der Waals surface area (Å²) in [6.07, 6.45) is 15.6. The van der Waals surface area contributed by atoms with Crippen LogP contribution in [0.1, 0.15) is 135 Å². The van der Waals surface area contributed by atoms with Crippen molar-refractivity contribution in [2.24, 2.45) is 0 Å². The van der Waals surface area contributed by atoms with Gasteiger partial charge in [-0.1, -0.05) is 96.1 Å². The number of hydrogen-bond acceptors (Lipinski definition) is 12. The largest absolute Gasteiger partial charge is 0.481 e. The van der Waals surface area contributed by atoms with Gasteiger partial charge in [-0.3, -0.25) is 33.6 Å². The number of aliphatic carboxylic acids is 2. The van der Waals surface area contributed by atoms with Crippen LogP contribution >= 0.6 is 31.9 Å². The fourth-order valence-corrected chi connectivity index (χ4v) is 6.78. The van der Waals surface area contributed by atoms with Gasteiger partial charge in [0.25, 0.3) is 0 Å². The summed E-state index contributed by atoms with van der Waals surface area (Å²) in [4.78, 5) is 94.4.